The predicted octanol–water partition coefficient (Wildman–Crippen LogP) is 1.88. The summed E-state index contributed by atoms with van der Waals surface area (Å²) in [5, 5.41) is 3.76. The number of fused-ring (bicyclic) bond motifs is 1. The molecule has 0 spiro atoms. The molecule has 0 unspecified atom stereocenters. The molecule has 1 N–H and O–H groups in total. The Labute approximate surface area is 118 Å². The van der Waals surface area contributed by atoms with Crippen LogP contribution in [0.15, 0.2) is 16.9 Å². The lowest BCUT2D eigenvalue weighted by atomic mass is 10.1. The molecule has 5 nitrogen and oxygen atoms in total. The highest BCUT2D eigenvalue weighted by atomic mass is 16.1. The Hall–Kier alpha value is -2.04. The van der Waals surface area contributed by atoms with E-state index >= 15 is 0 Å². The zero-order valence-electron chi connectivity index (χ0n) is 12.2. The lowest BCUT2D eigenvalue weighted by molar-refractivity contribution is 0.904. The molecule has 3 rings (SSSR count). The van der Waals surface area contributed by atoms with E-state index in [4.69, 9.17) is 4.98 Å². The molecule has 2 aromatic heterocycles. The van der Waals surface area contributed by atoms with Crippen LogP contribution in [0.5, 0.6) is 0 Å². The quantitative estimate of drug-likeness (QED) is 0.907. The third-order valence-electron chi connectivity index (χ3n) is 4.06. The molecule has 1 aliphatic heterocycles. The highest BCUT2D eigenvalue weighted by molar-refractivity contribution is 5.82. The number of nitrogens with zero attached hydrogens (tertiary/aromatic N) is 3. The molecule has 0 bridgehead atoms. The molecule has 3 heterocycles. The minimum Gasteiger partial charge on any atom is -0.374 e. The van der Waals surface area contributed by atoms with Crippen LogP contribution in [-0.2, 0) is 7.05 Å². The van der Waals surface area contributed by atoms with Gasteiger partial charge in [-0.05, 0) is 31.4 Å². The Kier molecular flexibility index (Phi) is 3.12. The van der Waals surface area contributed by atoms with Crippen molar-refractivity contribution >= 4 is 22.7 Å². The Morgan fingerprint density at radius 2 is 1.95 bits per heavy atom. The maximum absolute atomic E-state index is 12.3. The molecule has 0 aromatic carbocycles. The van der Waals surface area contributed by atoms with Crippen molar-refractivity contribution in [1.82, 2.24) is 9.55 Å². The molecular formula is C15H20N4O. The standard InChI is InChI=1S/C15H20N4O/c1-10-8-13(19-6-4-5-7-19)17-15-14(10)11(20)9-12(16-2)18(15)3/h8-9,16H,4-7H2,1-3H3. The zero-order chi connectivity index (χ0) is 14.3. The summed E-state index contributed by atoms with van der Waals surface area (Å²) in [5.41, 5.74) is 1.78. The average Bonchev–Trinajstić information content (AvgIpc) is 2.96. The minimum atomic E-state index is 0.0282. The summed E-state index contributed by atoms with van der Waals surface area (Å²) in [6, 6.07) is 3.67. The van der Waals surface area contributed by atoms with Crippen LogP contribution < -0.4 is 15.6 Å². The molecule has 2 aromatic rings. The van der Waals surface area contributed by atoms with Gasteiger partial charge in [-0.25, -0.2) is 4.98 Å². The summed E-state index contributed by atoms with van der Waals surface area (Å²) in [7, 11) is 3.76. The number of hydrogen-bond acceptors (Lipinski definition) is 4. The first-order valence-electron chi connectivity index (χ1n) is 7.06. The number of rotatable bonds is 2. The average molecular weight is 272 g/mol. The summed E-state index contributed by atoms with van der Waals surface area (Å²) in [6.45, 7) is 4.10. The van der Waals surface area contributed by atoms with Gasteiger partial charge in [0.2, 0.25) is 0 Å². The second-order valence-electron chi connectivity index (χ2n) is 5.39. The van der Waals surface area contributed by atoms with Crippen molar-refractivity contribution in [2.24, 2.45) is 7.05 Å². The molecule has 1 aliphatic rings. The molecule has 106 valence electrons. The Bertz CT molecular complexity index is 714. The number of aryl methyl sites for hydroxylation is 2. The van der Waals surface area contributed by atoms with Gasteiger partial charge >= 0.3 is 0 Å². The maximum Gasteiger partial charge on any atom is 0.193 e. The zero-order valence-corrected chi connectivity index (χ0v) is 12.2. The van der Waals surface area contributed by atoms with Crippen LogP contribution in [0, 0.1) is 6.92 Å². The molecule has 0 atom stereocenters. The second-order valence-corrected chi connectivity index (χ2v) is 5.39. The van der Waals surface area contributed by atoms with E-state index in [1.807, 2.05) is 31.7 Å². The fraction of sp³-hybridized carbons (Fsp3) is 0.467. The lowest BCUT2D eigenvalue weighted by Crippen LogP contribution is -2.21. The van der Waals surface area contributed by atoms with Gasteiger partial charge in [-0.15, -0.1) is 0 Å². The Morgan fingerprint density at radius 1 is 1.25 bits per heavy atom. The summed E-state index contributed by atoms with van der Waals surface area (Å²) in [6.07, 6.45) is 2.43. The van der Waals surface area contributed by atoms with Gasteiger partial charge in [-0.2, -0.15) is 0 Å². The Balaban J connectivity index is 2.28. The van der Waals surface area contributed by atoms with Crippen LogP contribution >= 0.6 is 0 Å². The van der Waals surface area contributed by atoms with E-state index in [2.05, 4.69) is 10.2 Å². The molecule has 20 heavy (non-hydrogen) atoms. The molecule has 1 fully saturated rings. The van der Waals surface area contributed by atoms with E-state index in [-0.39, 0.29) is 5.43 Å². The molecule has 5 heteroatoms. The van der Waals surface area contributed by atoms with Crippen molar-refractivity contribution in [1.29, 1.82) is 0 Å². The van der Waals surface area contributed by atoms with E-state index < -0.39 is 0 Å². The van der Waals surface area contributed by atoms with Crippen molar-refractivity contribution < 1.29 is 0 Å². The lowest BCUT2D eigenvalue weighted by Gasteiger charge is -2.19. The van der Waals surface area contributed by atoms with Crippen LogP contribution in [0.1, 0.15) is 18.4 Å². The van der Waals surface area contributed by atoms with E-state index in [1.165, 1.54) is 12.8 Å². The summed E-state index contributed by atoms with van der Waals surface area (Å²) in [4.78, 5) is 19.3. The monoisotopic (exact) mass is 272 g/mol. The number of anilines is 2. The third kappa shape index (κ3) is 1.94. The number of aromatic nitrogens is 2. The van der Waals surface area contributed by atoms with Crippen LogP contribution in [0.2, 0.25) is 0 Å². The molecule has 0 amide bonds. The van der Waals surface area contributed by atoms with E-state index in [0.717, 1.165) is 41.3 Å². The smallest absolute Gasteiger partial charge is 0.193 e. The van der Waals surface area contributed by atoms with Gasteiger partial charge in [0.15, 0.2) is 5.43 Å². The summed E-state index contributed by atoms with van der Waals surface area (Å²) < 4.78 is 1.95. The van der Waals surface area contributed by atoms with E-state index in [1.54, 1.807) is 6.07 Å². The summed E-state index contributed by atoms with van der Waals surface area (Å²) in [5.74, 6) is 1.77. The SMILES string of the molecule is CNc1cc(=O)c2c(C)cc(N3CCCC3)nc2n1C. The third-order valence-corrected chi connectivity index (χ3v) is 4.06. The first-order chi connectivity index (χ1) is 9.61. The molecule has 0 radical (unpaired) electrons. The number of pyridine rings is 2. The van der Waals surface area contributed by atoms with Crippen LogP contribution in [0.3, 0.4) is 0 Å². The van der Waals surface area contributed by atoms with Gasteiger partial charge in [0.25, 0.3) is 0 Å². The van der Waals surface area contributed by atoms with Crippen molar-refractivity contribution in [3.63, 3.8) is 0 Å². The van der Waals surface area contributed by atoms with Gasteiger partial charge in [-0.3, -0.25) is 4.79 Å². The van der Waals surface area contributed by atoms with Gasteiger partial charge in [0.1, 0.15) is 17.3 Å². The normalized spacial score (nSPS) is 15.1. The molecule has 0 saturated carbocycles. The Morgan fingerprint density at radius 3 is 2.60 bits per heavy atom. The van der Waals surface area contributed by atoms with Gasteiger partial charge < -0.3 is 14.8 Å². The first kappa shape index (κ1) is 13.0. The van der Waals surface area contributed by atoms with Gasteiger partial charge in [0.05, 0.1) is 5.39 Å². The van der Waals surface area contributed by atoms with Gasteiger partial charge in [-0.1, -0.05) is 0 Å². The highest BCUT2D eigenvalue weighted by Gasteiger charge is 2.17. The van der Waals surface area contributed by atoms with Gasteiger partial charge in [0, 0.05) is 33.3 Å². The molecular weight excluding hydrogens is 252 g/mol. The van der Waals surface area contributed by atoms with E-state index in [9.17, 15) is 4.79 Å². The fourth-order valence-electron chi connectivity index (χ4n) is 2.94. The largest absolute Gasteiger partial charge is 0.374 e. The number of hydrogen-bond donors (Lipinski definition) is 1. The fourth-order valence-corrected chi connectivity index (χ4v) is 2.94. The molecule has 1 saturated heterocycles. The molecule has 0 aliphatic carbocycles. The van der Waals surface area contributed by atoms with Crippen LogP contribution in [0.4, 0.5) is 11.6 Å². The number of nitrogens with one attached hydrogen (secondary N) is 1. The van der Waals surface area contributed by atoms with Crippen molar-refractivity contribution in [2.45, 2.75) is 19.8 Å². The van der Waals surface area contributed by atoms with Crippen molar-refractivity contribution in [2.75, 3.05) is 30.4 Å². The van der Waals surface area contributed by atoms with Crippen molar-refractivity contribution in [3.8, 4) is 0 Å². The first-order valence-corrected chi connectivity index (χ1v) is 7.06. The predicted molar refractivity (Wildman–Crippen MR) is 82.7 cm³/mol. The highest BCUT2D eigenvalue weighted by Crippen LogP contribution is 2.24. The van der Waals surface area contributed by atoms with Crippen molar-refractivity contribution in [3.05, 3.63) is 27.9 Å². The summed E-state index contributed by atoms with van der Waals surface area (Å²) >= 11 is 0. The maximum atomic E-state index is 12.3. The van der Waals surface area contributed by atoms with Crippen LogP contribution in [0.25, 0.3) is 11.0 Å². The minimum absolute atomic E-state index is 0.0282. The second kappa shape index (κ2) is 4.81. The topological polar surface area (TPSA) is 50.2 Å². The van der Waals surface area contributed by atoms with Crippen LogP contribution in [-0.4, -0.2) is 29.7 Å². The van der Waals surface area contributed by atoms with E-state index in [0.29, 0.717) is 0 Å².